The van der Waals surface area contributed by atoms with Crippen LogP contribution >= 0.6 is 43.2 Å². The molecule has 2 N–H and O–H groups in total. The van der Waals surface area contributed by atoms with Gasteiger partial charge in [0.15, 0.2) is 0 Å². The van der Waals surface area contributed by atoms with E-state index in [2.05, 4.69) is 47.4 Å². The van der Waals surface area contributed by atoms with Gasteiger partial charge in [0.1, 0.15) is 16.9 Å². The molecule has 0 spiro atoms. The average Bonchev–Trinajstić information content (AvgIpc) is 3.22. The highest BCUT2D eigenvalue weighted by molar-refractivity contribution is 9.11. The summed E-state index contributed by atoms with van der Waals surface area (Å²) in [5, 5.41) is 14.5. The molecule has 0 fully saturated rings. The molecule has 2 heterocycles. The van der Waals surface area contributed by atoms with Gasteiger partial charge in [-0.1, -0.05) is 0 Å². The fourth-order valence-corrected chi connectivity index (χ4v) is 6.43. The number of aromatic nitrogens is 2. The van der Waals surface area contributed by atoms with Gasteiger partial charge < -0.3 is 5.11 Å². The number of phenolic OH excluding ortho intramolecular Hbond substituents is 1. The number of carbonyl (C=O) groups excluding carboxylic acids is 1. The number of amides is 1. The fraction of sp³-hybridized carbons (Fsp3) is 0.167. The lowest BCUT2D eigenvalue weighted by Crippen LogP contribution is -2.20. The summed E-state index contributed by atoms with van der Waals surface area (Å²) in [5.74, 6) is -0.291. The Bertz CT molecular complexity index is 1490. The van der Waals surface area contributed by atoms with E-state index in [9.17, 15) is 14.7 Å². The second-order valence-electron chi connectivity index (χ2n) is 7.89. The monoisotopic (exact) mass is 600 g/mol. The summed E-state index contributed by atoms with van der Waals surface area (Å²) in [6, 6.07) is 10.1. The summed E-state index contributed by atoms with van der Waals surface area (Å²) in [6.07, 6.45) is 7.23. The van der Waals surface area contributed by atoms with Crippen molar-refractivity contribution in [2.75, 3.05) is 0 Å². The first-order valence-corrected chi connectivity index (χ1v) is 13.0. The molecule has 10 heteroatoms. The Morgan fingerprint density at radius 3 is 2.59 bits per heavy atom. The largest absolute Gasteiger partial charge is 0.506 e. The molecule has 172 valence electrons. The van der Waals surface area contributed by atoms with Crippen molar-refractivity contribution in [2.45, 2.75) is 25.7 Å². The van der Waals surface area contributed by atoms with E-state index in [1.807, 2.05) is 0 Å². The van der Waals surface area contributed by atoms with Crippen molar-refractivity contribution in [2.24, 2.45) is 5.10 Å². The van der Waals surface area contributed by atoms with Gasteiger partial charge in [-0.2, -0.15) is 5.10 Å². The van der Waals surface area contributed by atoms with Crippen LogP contribution in [0.2, 0.25) is 0 Å². The van der Waals surface area contributed by atoms with E-state index in [0.717, 1.165) is 41.5 Å². The number of fused-ring (bicyclic) bond motifs is 3. The average molecular weight is 602 g/mol. The Labute approximate surface area is 215 Å². The molecule has 0 radical (unpaired) electrons. The molecule has 1 amide bonds. The second-order valence-corrected chi connectivity index (χ2v) is 10.7. The molecule has 5 rings (SSSR count). The highest BCUT2D eigenvalue weighted by Gasteiger charge is 2.20. The number of hydrogen-bond donors (Lipinski definition) is 2. The highest BCUT2D eigenvalue weighted by atomic mass is 79.9. The maximum absolute atomic E-state index is 13.2. The topological polar surface area (TPSA) is 96.6 Å². The third-order valence-corrected chi connectivity index (χ3v) is 8.11. The first-order chi connectivity index (χ1) is 16.4. The number of aryl methyl sites for hydroxylation is 2. The molecular weight excluding hydrogens is 584 g/mol. The van der Waals surface area contributed by atoms with E-state index < -0.39 is 0 Å². The van der Waals surface area contributed by atoms with Gasteiger partial charge in [-0.3, -0.25) is 14.2 Å². The van der Waals surface area contributed by atoms with E-state index in [1.165, 1.54) is 15.7 Å². The number of rotatable bonds is 4. The van der Waals surface area contributed by atoms with E-state index in [4.69, 9.17) is 0 Å². The predicted molar refractivity (Wildman–Crippen MR) is 140 cm³/mol. The van der Waals surface area contributed by atoms with Crippen LogP contribution in [0.4, 0.5) is 0 Å². The maximum Gasteiger partial charge on any atom is 0.271 e. The number of carbonyl (C=O) groups is 1. The zero-order valence-electron chi connectivity index (χ0n) is 17.7. The van der Waals surface area contributed by atoms with Gasteiger partial charge in [0.25, 0.3) is 11.5 Å². The minimum Gasteiger partial charge on any atom is -0.506 e. The van der Waals surface area contributed by atoms with Gasteiger partial charge in [-0.25, -0.2) is 10.4 Å². The summed E-state index contributed by atoms with van der Waals surface area (Å²) >= 11 is 8.14. The van der Waals surface area contributed by atoms with Crippen molar-refractivity contribution in [1.82, 2.24) is 15.0 Å². The smallest absolute Gasteiger partial charge is 0.271 e. The number of nitrogens with one attached hydrogen (secondary N) is 1. The molecule has 0 atom stereocenters. The Balaban J connectivity index is 1.34. The Morgan fingerprint density at radius 2 is 1.85 bits per heavy atom. The van der Waals surface area contributed by atoms with E-state index in [-0.39, 0.29) is 17.2 Å². The molecule has 2 aromatic heterocycles. The maximum atomic E-state index is 13.2. The van der Waals surface area contributed by atoms with E-state index in [1.54, 1.807) is 54.1 Å². The Kier molecular flexibility index (Phi) is 6.37. The van der Waals surface area contributed by atoms with Gasteiger partial charge in [-0.05, 0) is 105 Å². The van der Waals surface area contributed by atoms with Crippen LogP contribution in [0.15, 0.2) is 61.6 Å². The third-order valence-electron chi connectivity index (χ3n) is 5.70. The molecule has 1 aliphatic rings. The van der Waals surface area contributed by atoms with Crippen LogP contribution in [0.25, 0.3) is 15.9 Å². The van der Waals surface area contributed by atoms with E-state index in [0.29, 0.717) is 25.8 Å². The van der Waals surface area contributed by atoms with Crippen molar-refractivity contribution < 1.29 is 9.90 Å². The Morgan fingerprint density at radius 1 is 1.15 bits per heavy atom. The lowest BCUT2D eigenvalue weighted by molar-refractivity contribution is 0.0955. The first kappa shape index (κ1) is 22.9. The van der Waals surface area contributed by atoms with Crippen molar-refractivity contribution in [1.29, 1.82) is 0 Å². The minimum atomic E-state index is -0.382. The number of nitrogens with zero attached hydrogens (tertiary/aromatic N) is 3. The van der Waals surface area contributed by atoms with Crippen LogP contribution in [0.3, 0.4) is 0 Å². The lowest BCUT2D eigenvalue weighted by atomic mass is 9.97. The Hall–Kier alpha value is -2.82. The van der Waals surface area contributed by atoms with Gasteiger partial charge in [0.05, 0.1) is 26.2 Å². The first-order valence-electron chi connectivity index (χ1n) is 10.6. The summed E-state index contributed by atoms with van der Waals surface area (Å²) in [5.41, 5.74) is 5.30. The zero-order chi connectivity index (χ0) is 23.8. The van der Waals surface area contributed by atoms with Crippen LogP contribution in [0, 0.1) is 0 Å². The normalized spacial score (nSPS) is 13.4. The van der Waals surface area contributed by atoms with Crippen LogP contribution < -0.4 is 11.0 Å². The summed E-state index contributed by atoms with van der Waals surface area (Å²) in [4.78, 5) is 32.3. The van der Waals surface area contributed by atoms with Crippen LogP contribution in [0.1, 0.15) is 39.2 Å². The second kappa shape index (κ2) is 9.44. The lowest BCUT2D eigenvalue weighted by Gasteiger charge is -2.10. The van der Waals surface area contributed by atoms with Gasteiger partial charge in [0.2, 0.25) is 0 Å². The number of benzene rings is 2. The summed E-state index contributed by atoms with van der Waals surface area (Å²) in [7, 11) is 0. The predicted octanol–water partition coefficient (Wildman–Crippen LogP) is 5.32. The fourth-order valence-electron chi connectivity index (χ4n) is 3.99. The molecule has 0 saturated heterocycles. The van der Waals surface area contributed by atoms with Crippen molar-refractivity contribution in [3.63, 3.8) is 0 Å². The SMILES string of the molecule is O=C(N/N=C\c1cc(Br)c(O)c(Br)c1)c1ccc(-n2cnc3sc4c(c3c2=O)CCCC4)cc1. The molecule has 2 aromatic carbocycles. The molecule has 1 aliphatic carbocycles. The van der Waals surface area contributed by atoms with Crippen molar-refractivity contribution in [3.05, 3.63) is 83.6 Å². The van der Waals surface area contributed by atoms with Gasteiger partial charge >= 0.3 is 0 Å². The van der Waals surface area contributed by atoms with Crippen LogP contribution in [0.5, 0.6) is 5.75 Å². The number of thiophene rings is 1. The molecule has 0 unspecified atom stereocenters. The molecule has 0 aliphatic heterocycles. The van der Waals surface area contributed by atoms with Crippen LogP contribution in [-0.2, 0) is 12.8 Å². The standard InChI is InChI=1S/C24H18Br2N4O3S/c25-17-9-13(10-18(26)21(17)31)11-28-29-22(32)14-5-7-15(8-6-14)30-12-27-23-20(24(30)33)16-3-1-2-4-19(16)34-23/h5-12,31H,1-4H2,(H,29,32)/b28-11-. The van der Waals surface area contributed by atoms with Crippen molar-refractivity contribution in [3.8, 4) is 11.4 Å². The summed E-state index contributed by atoms with van der Waals surface area (Å²) < 4.78 is 2.55. The number of phenols is 1. The molecule has 4 aromatic rings. The highest BCUT2D eigenvalue weighted by Crippen LogP contribution is 2.34. The quantitative estimate of drug-likeness (QED) is 0.244. The molecule has 0 bridgehead atoms. The number of aromatic hydroxyl groups is 1. The van der Waals surface area contributed by atoms with Gasteiger partial charge in [-0.15, -0.1) is 11.3 Å². The zero-order valence-corrected chi connectivity index (χ0v) is 21.7. The number of hydrogen-bond acceptors (Lipinski definition) is 6. The minimum absolute atomic E-state index is 0.0718. The molecule has 7 nitrogen and oxygen atoms in total. The van der Waals surface area contributed by atoms with E-state index >= 15 is 0 Å². The molecular formula is C24H18Br2N4O3S. The third kappa shape index (κ3) is 4.33. The number of hydrazone groups is 1. The van der Waals surface area contributed by atoms with Gasteiger partial charge in [0, 0.05) is 10.4 Å². The number of halogens is 2. The molecule has 34 heavy (non-hydrogen) atoms. The molecule has 0 saturated carbocycles. The van der Waals surface area contributed by atoms with Crippen molar-refractivity contribution >= 4 is 65.5 Å². The van der Waals surface area contributed by atoms with Crippen LogP contribution in [-0.4, -0.2) is 26.8 Å². The summed E-state index contributed by atoms with van der Waals surface area (Å²) in [6.45, 7) is 0.